The van der Waals surface area contributed by atoms with Crippen LogP contribution in [-0.4, -0.2) is 111 Å². The summed E-state index contributed by atoms with van der Waals surface area (Å²) in [7, 11) is -3.63. The molecular weight excluding hydrogens is 660 g/mol. The minimum Gasteiger partial charge on any atom is -0.493 e. The molecule has 270 valence electrons. The normalized spacial score (nSPS) is 27.0. The van der Waals surface area contributed by atoms with Crippen molar-refractivity contribution in [2.75, 3.05) is 58.7 Å². The van der Waals surface area contributed by atoms with Crippen LogP contribution in [0.3, 0.4) is 0 Å². The van der Waals surface area contributed by atoms with Gasteiger partial charge in [-0.2, -0.15) is 30.6 Å². The molecule has 0 spiro atoms. The molecule has 48 heavy (non-hydrogen) atoms. The molecule has 3 heterocycles. The van der Waals surface area contributed by atoms with Crippen LogP contribution >= 0.6 is 0 Å². The number of nitrogens with zero attached hydrogens (tertiary/aromatic N) is 3. The Morgan fingerprint density at radius 2 is 1.35 bits per heavy atom. The van der Waals surface area contributed by atoms with Gasteiger partial charge in [0.1, 0.15) is 5.75 Å². The molecule has 14 heteroatoms. The van der Waals surface area contributed by atoms with Crippen molar-refractivity contribution in [3.05, 3.63) is 35.9 Å². The SMILES string of the molecule is CS(=O)(=O)N1CC=C(c2ccc(OCC3CCN(CC4(C(F)(F)F)CC4)CC3)cc2)CC1C(O)C1CCN(CC2(C(F)(F)F)CC2)CC1. The Labute approximate surface area is 279 Å². The second-order valence-corrected chi connectivity index (χ2v) is 17.0. The Morgan fingerprint density at radius 1 is 0.854 bits per heavy atom. The summed E-state index contributed by atoms with van der Waals surface area (Å²) in [4.78, 5) is 3.77. The molecule has 2 aliphatic carbocycles. The third-order valence-corrected chi connectivity index (χ3v) is 12.9. The molecule has 1 aromatic carbocycles. The van der Waals surface area contributed by atoms with Crippen molar-refractivity contribution in [2.24, 2.45) is 22.7 Å². The van der Waals surface area contributed by atoms with Crippen LogP contribution in [0.15, 0.2) is 30.3 Å². The van der Waals surface area contributed by atoms with E-state index in [1.165, 1.54) is 4.31 Å². The number of benzene rings is 1. The number of rotatable bonds is 11. The highest BCUT2D eigenvalue weighted by molar-refractivity contribution is 7.88. The third kappa shape index (κ3) is 7.87. The average molecular weight is 708 g/mol. The molecular formula is C34H47F6N3O4S. The van der Waals surface area contributed by atoms with Crippen LogP contribution in [-0.2, 0) is 10.0 Å². The lowest BCUT2D eigenvalue weighted by Gasteiger charge is -2.42. The van der Waals surface area contributed by atoms with Gasteiger partial charge in [0.05, 0.1) is 35.8 Å². The quantitative estimate of drug-likeness (QED) is 0.287. The number of sulfonamides is 1. The molecule has 0 aromatic heterocycles. The minimum atomic E-state index is -4.21. The molecule has 7 nitrogen and oxygen atoms in total. The highest BCUT2D eigenvalue weighted by Crippen LogP contribution is 2.59. The number of ether oxygens (including phenoxy) is 1. The molecule has 5 aliphatic rings. The van der Waals surface area contributed by atoms with E-state index in [1.807, 2.05) is 40.1 Å². The predicted molar refractivity (Wildman–Crippen MR) is 170 cm³/mol. The Hall–Kier alpha value is -1.87. The Kier molecular flexibility index (Phi) is 10.00. The zero-order chi connectivity index (χ0) is 34.5. The van der Waals surface area contributed by atoms with Gasteiger partial charge < -0.3 is 19.6 Å². The number of hydrogen-bond donors (Lipinski definition) is 1. The van der Waals surface area contributed by atoms with E-state index in [9.17, 15) is 39.9 Å². The fraction of sp³-hybridized carbons (Fsp3) is 0.765. The van der Waals surface area contributed by atoms with Gasteiger partial charge in [-0.05, 0) is 119 Å². The van der Waals surface area contributed by atoms with Gasteiger partial charge in [-0.15, -0.1) is 0 Å². The molecule has 6 rings (SSSR count). The van der Waals surface area contributed by atoms with Crippen molar-refractivity contribution >= 4 is 15.6 Å². The van der Waals surface area contributed by atoms with Crippen LogP contribution in [0, 0.1) is 22.7 Å². The first-order valence-electron chi connectivity index (χ1n) is 17.1. The second-order valence-electron chi connectivity index (χ2n) is 15.0. The molecule has 2 atom stereocenters. The van der Waals surface area contributed by atoms with Gasteiger partial charge in [-0.1, -0.05) is 18.2 Å². The zero-order valence-corrected chi connectivity index (χ0v) is 28.2. The summed E-state index contributed by atoms with van der Waals surface area (Å²) in [6, 6.07) is 6.83. The number of hydrogen-bond acceptors (Lipinski definition) is 6. The molecule has 2 saturated heterocycles. The summed E-state index contributed by atoms with van der Waals surface area (Å²) < 4.78 is 113. The van der Waals surface area contributed by atoms with Gasteiger partial charge in [0.2, 0.25) is 10.0 Å². The van der Waals surface area contributed by atoms with Gasteiger partial charge in [-0.3, -0.25) is 0 Å². The van der Waals surface area contributed by atoms with Crippen molar-refractivity contribution < 1.29 is 44.6 Å². The summed E-state index contributed by atoms with van der Waals surface area (Å²) in [5.74, 6) is 0.711. The molecule has 1 N–H and O–H groups in total. The molecule has 3 aliphatic heterocycles. The summed E-state index contributed by atoms with van der Waals surface area (Å²) >= 11 is 0. The molecule has 0 radical (unpaired) electrons. The van der Waals surface area contributed by atoms with E-state index in [1.54, 1.807) is 0 Å². The summed E-state index contributed by atoms with van der Waals surface area (Å²) in [5.41, 5.74) is -1.32. The Morgan fingerprint density at radius 3 is 1.81 bits per heavy atom. The standard InChI is InChI=1S/C34H47F6N3O4S/c1-48(45,46)43-19-10-27(20-29(43)30(44)26-8-17-42(18-9-26)23-32(13-14-32)34(38,39)40)25-2-4-28(5-3-25)47-21-24-6-15-41(16-7-24)22-31(11-12-31)33(35,36)37/h2-5,10,24,26,29-30,44H,6-9,11-23H2,1H3. The fourth-order valence-electron chi connectivity index (χ4n) is 7.93. The number of likely N-dealkylation sites (tertiary alicyclic amines) is 2. The van der Waals surface area contributed by atoms with Crippen LogP contribution in [0.1, 0.15) is 63.4 Å². The number of alkyl halides is 6. The average Bonchev–Trinajstić information content (AvgIpc) is 3.97. The molecule has 2 unspecified atom stereocenters. The first kappa shape index (κ1) is 35.9. The largest absolute Gasteiger partial charge is 0.493 e. The summed E-state index contributed by atoms with van der Waals surface area (Å²) in [6.45, 7) is 2.81. The first-order valence-corrected chi connectivity index (χ1v) is 19.0. The Balaban J connectivity index is 1.00. The van der Waals surface area contributed by atoms with E-state index in [4.69, 9.17) is 4.74 Å². The lowest BCUT2D eigenvalue weighted by atomic mass is 9.83. The van der Waals surface area contributed by atoms with Gasteiger partial charge in [0.25, 0.3) is 0 Å². The van der Waals surface area contributed by atoms with E-state index in [2.05, 4.69) is 0 Å². The number of aliphatic hydroxyl groups is 1. The number of halogens is 6. The predicted octanol–water partition coefficient (Wildman–Crippen LogP) is 5.95. The van der Waals surface area contributed by atoms with Crippen LogP contribution in [0.5, 0.6) is 5.75 Å². The van der Waals surface area contributed by atoms with Gasteiger partial charge in [0.15, 0.2) is 0 Å². The van der Waals surface area contributed by atoms with E-state index >= 15 is 0 Å². The maximum Gasteiger partial charge on any atom is 0.395 e. The maximum atomic E-state index is 13.5. The molecule has 2 saturated carbocycles. The molecule has 0 bridgehead atoms. The van der Waals surface area contributed by atoms with Gasteiger partial charge in [0, 0.05) is 19.6 Å². The fourth-order valence-corrected chi connectivity index (χ4v) is 8.97. The van der Waals surface area contributed by atoms with Crippen LogP contribution < -0.4 is 4.74 Å². The van der Waals surface area contributed by atoms with E-state index in [0.29, 0.717) is 57.8 Å². The van der Waals surface area contributed by atoms with Crippen molar-refractivity contribution in [2.45, 2.75) is 82.3 Å². The van der Waals surface area contributed by atoms with Crippen molar-refractivity contribution in [1.82, 2.24) is 14.1 Å². The third-order valence-electron chi connectivity index (χ3n) is 11.6. The number of aliphatic hydroxyl groups excluding tert-OH is 1. The van der Waals surface area contributed by atoms with E-state index < -0.39 is 45.4 Å². The topological polar surface area (TPSA) is 73.3 Å². The van der Waals surface area contributed by atoms with Crippen LogP contribution in [0.2, 0.25) is 0 Å². The molecule has 0 amide bonds. The first-order chi connectivity index (χ1) is 22.5. The summed E-state index contributed by atoms with van der Waals surface area (Å²) in [5, 5.41) is 11.5. The van der Waals surface area contributed by atoms with E-state index in [-0.39, 0.29) is 57.2 Å². The smallest absolute Gasteiger partial charge is 0.395 e. The lowest BCUT2D eigenvalue weighted by Crippen LogP contribution is -2.53. The van der Waals surface area contributed by atoms with Crippen molar-refractivity contribution in [3.63, 3.8) is 0 Å². The monoisotopic (exact) mass is 707 g/mol. The Bertz CT molecular complexity index is 1410. The highest BCUT2D eigenvalue weighted by Gasteiger charge is 2.64. The lowest BCUT2D eigenvalue weighted by molar-refractivity contribution is -0.193. The van der Waals surface area contributed by atoms with Gasteiger partial charge in [-0.25, -0.2) is 8.42 Å². The maximum absolute atomic E-state index is 13.5. The zero-order valence-electron chi connectivity index (χ0n) is 27.4. The van der Waals surface area contributed by atoms with E-state index in [0.717, 1.165) is 30.2 Å². The van der Waals surface area contributed by atoms with Crippen LogP contribution in [0.25, 0.3) is 5.57 Å². The second kappa shape index (κ2) is 13.4. The molecule has 1 aromatic rings. The minimum absolute atomic E-state index is 0.0179. The highest BCUT2D eigenvalue weighted by atomic mass is 32.2. The van der Waals surface area contributed by atoms with Crippen molar-refractivity contribution in [3.8, 4) is 5.75 Å². The van der Waals surface area contributed by atoms with Crippen molar-refractivity contribution in [1.29, 1.82) is 0 Å². The number of piperidine rings is 2. The van der Waals surface area contributed by atoms with Crippen LogP contribution in [0.4, 0.5) is 26.3 Å². The molecule has 4 fully saturated rings. The summed E-state index contributed by atoms with van der Waals surface area (Å²) in [6.07, 6.45) is -2.69. The van der Waals surface area contributed by atoms with Gasteiger partial charge >= 0.3 is 12.4 Å².